The van der Waals surface area contributed by atoms with Crippen molar-refractivity contribution in [1.82, 2.24) is 5.32 Å². The third kappa shape index (κ3) is 3.79. The normalized spacial score (nSPS) is 23.6. The molecule has 0 bridgehead atoms. The van der Waals surface area contributed by atoms with E-state index >= 15 is 0 Å². The SMILES string of the molecule is CNCC1CCCCCC1Cc1c(F)ccc(Br)c1F. The van der Waals surface area contributed by atoms with E-state index in [2.05, 4.69) is 21.2 Å². The average molecular weight is 346 g/mol. The Morgan fingerprint density at radius 3 is 2.55 bits per heavy atom. The maximum absolute atomic E-state index is 14.1. The van der Waals surface area contributed by atoms with Crippen molar-refractivity contribution >= 4 is 15.9 Å². The summed E-state index contributed by atoms with van der Waals surface area (Å²) < 4.78 is 28.4. The highest BCUT2D eigenvalue weighted by Crippen LogP contribution is 2.33. The van der Waals surface area contributed by atoms with E-state index in [0.29, 0.717) is 22.7 Å². The van der Waals surface area contributed by atoms with Gasteiger partial charge in [-0.2, -0.15) is 0 Å². The standard InChI is InChI=1S/C16H22BrF2N/c1-20-10-12-6-4-2-3-5-11(12)9-13-15(18)8-7-14(17)16(13)19/h7-8,11-12,20H,2-6,9-10H2,1H3. The molecule has 4 heteroatoms. The summed E-state index contributed by atoms with van der Waals surface area (Å²) in [6.07, 6.45) is 6.36. The minimum Gasteiger partial charge on any atom is -0.319 e. The molecule has 0 amide bonds. The Hall–Kier alpha value is -0.480. The van der Waals surface area contributed by atoms with Crippen molar-refractivity contribution in [2.45, 2.75) is 38.5 Å². The first-order valence-electron chi connectivity index (χ1n) is 7.40. The Labute approximate surface area is 128 Å². The van der Waals surface area contributed by atoms with Gasteiger partial charge >= 0.3 is 0 Å². The van der Waals surface area contributed by atoms with Crippen LogP contribution in [0.5, 0.6) is 0 Å². The van der Waals surface area contributed by atoms with E-state index in [1.54, 1.807) is 0 Å². The highest BCUT2D eigenvalue weighted by molar-refractivity contribution is 9.10. The van der Waals surface area contributed by atoms with Crippen LogP contribution in [0.3, 0.4) is 0 Å². The van der Waals surface area contributed by atoms with Crippen molar-refractivity contribution in [3.05, 3.63) is 33.8 Å². The second kappa shape index (κ2) is 7.51. The van der Waals surface area contributed by atoms with Gasteiger partial charge in [0.05, 0.1) is 4.47 Å². The van der Waals surface area contributed by atoms with Gasteiger partial charge < -0.3 is 5.32 Å². The highest BCUT2D eigenvalue weighted by Gasteiger charge is 2.26. The highest BCUT2D eigenvalue weighted by atomic mass is 79.9. The second-order valence-corrected chi connectivity index (χ2v) is 6.60. The fourth-order valence-corrected chi connectivity index (χ4v) is 3.65. The van der Waals surface area contributed by atoms with Gasteiger partial charge in [-0.1, -0.05) is 19.3 Å². The third-order valence-electron chi connectivity index (χ3n) is 4.39. The fraction of sp³-hybridized carbons (Fsp3) is 0.625. The van der Waals surface area contributed by atoms with Crippen molar-refractivity contribution in [1.29, 1.82) is 0 Å². The van der Waals surface area contributed by atoms with Crippen molar-refractivity contribution in [2.75, 3.05) is 13.6 Å². The number of rotatable bonds is 4. The number of hydrogen-bond acceptors (Lipinski definition) is 1. The predicted molar refractivity (Wildman–Crippen MR) is 81.8 cm³/mol. The molecule has 1 saturated carbocycles. The van der Waals surface area contributed by atoms with Crippen LogP contribution in [0.15, 0.2) is 16.6 Å². The molecular formula is C16H22BrF2N. The monoisotopic (exact) mass is 345 g/mol. The fourth-order valence-electron chi connectivity index (χ4n) is 3.28. The largest absolute Gasteiger partial charge is 0.319 e. The third-order valence-corrected chi connectivity index (χ3v) is 5.00. The summed E-state index contributed by atoms with van der Waals surface area (Å²) in [5, 5.41) is 3.22. The van der Waals surface area contributed by atoms with Crippen molar-refractivity contribution in [2.24, 2.45) is 11.8 Å². The van der Waals surface area contributed by atoms with Crippen LogP contribution in [0.1, 0.15) is 37.7 Å². The molecular weight excluding hydrogens is 324 g/mol. The lowest BCUT2D eigenvalue weighted by atomic mass is 9.83. The van der Waals surface area contributed by atoms with Crippen LogP contribution >= 0.6 is 15.9 Å². The van der Waals surface area contributed by atoms with Crippen LogP contribution in [-0.4, -0.2) is 13.6 Å². The van der Waals surface area contributed by atoms with E-state index in [1.807, 2.05) is 7.05 Å². The van der Waals surface area contributed by atoms with Gasteiger partial charge in [-0.25, -0.2) is 8.78 Å². The summed E-state index contributed by atoms with van der Waals surface area (Å²) in [6, 6.07) is 2.79. The molecule has 1 aliphatic carbocycles. The molecule has 1 aromatic rings. The summed E-state index contributed by atoms with van der Waals surface area (Å²) >= 11 is 3.15. The van der Waals surface area contributed by atoms with Crippen LogP contribution in [0.2, 0.25) is 0 Å². The van der Waals surface area contributed by atoms with Crippen LogP contribution in [0.25, 0.3) is 0 Å². The molecule has 0 radical (unpaired) electrons. The Balaban J connectivity index is 2.19. The number of hydrogen-bond donors (Lipinski definition) is 1. The van der Waals surface area contributed by atoms with E-state index in [9.17, 15) is 8.78 Å². The summed E-state index contributed by atoms with van der Waals surface area (Å²) in [5.74, 6) is 0.0270. The maximum Gasteiger partial charge on any atom is 0.143 e. The zero-order valence-electron chi connectivity index (χ0n) is 11.9. The molecule has 1 fully saturated rings. The minimum absolute atomic E-state index is 0.243. The van der Waals surface area contributed by atoms with Gasteiger partial charge in [0, 0.05) is 5.56 Å². The summed E-state index contributed by atoms with van der Waals surface area (Å²) in [6.45, 7) is 0.932. The molecule has 20 heavy (non-hydrogen) atoms. The van der Waals surface area contributed by atoms with Crippen LogP contribution in [0.4, 0.5) is 8.78 Å². The molecule has 0 saturated heterocycles. The molecule has 2 atom stereocenters. The van der Waals surface area contributed by atoms with Gasteiger partial charge in [-0.05, 0) is 72.8 Å². The van der Waals surface area contributed by atoms with Gasteiger partial charge in [0.25, 0.3) is 0 Å². The van der Waals surface area contributed by atoms with Gasteiger partial charge in [0.15, 0.2) is 0 Å². The molecule has 112 valence electrons. The van der Waals surface area contributed by atoms with E-state index in [1.165, 1.54) is 31.4 Å². The maximum atomic E-state index is 14.1. The Bertz CT molecular complexity index is 450. The first kappa shape index (κ1) is 15.9. The van der Waals surface area contributed by atoms with E-state index in [-0.39, 0.29) is 5.56 Å². The van der Waals surface area contributed by atoms with Crippen molar-refractivity contribution in [3.63, 3.8) is 0 Å². The van der Waals surface area contributed by atoms with Crippen molar-refractivity contribution in [3.8, 4) is 0 Å². The molecule has 1 nitrogen and oxygen atoms in total. The molecule has 2 unspecified atom stereocenters. The van der Waals surface area contributed by atoms with Crippen LogP contribution < -0.4 is 5.32 Å². The molecule has 0 aliphatic heterocycles. The average Bonchev–Trinajstić information content (AvgIpc) is 2.65. The van der Waals surface area contributed by atoms with Crippen molar-refractivity contribution < 1.29 is 8.78 Å². The first-order valence-corrected chi connectivity index (χ1v) is 8.19. The molecule has 0 spiro atoms. The Morgan fingerprint density at radius 1 is 1.15 bits per heavy atom. The molecule has 0 aromatic heterocycles. The molecule has 1 N–H and O–H groups in total. The van der Waals surface area contributed by atoms with Crippen LogP contribution in [0, 0.1) is 23.5 Å². The number of nitrogens with one attached hydrogen (secondary N) is 1. The predicted octanol–water partition coefficient (Wildman–Crippen LogP) is 4.69. The summed E-state index contributed by atoms with van der Waals surface area (Å²) in [7, 11) is 1.95. The second-order valence-electron chi connectivity index (χ2n) is 5.74. The first-order chi connectivity index (χ1) is 9.63. The summed E-state index contributed by atoms with van der Waals surface area (Å²) in [5.41, 5.74) is 0.243. The van der Waals surface area contributed by atoms with E-state index < -0.39 is 11.6 Å². The molecule has 1 aliphatic rings. The van der Waals surface area contributed by atoms with Gasteiger partial charge in [-0.3, -0.25) is 0 Å². The smallest absolute Gasteiger partial charge is 0.143 e. The summed E-state index contributed by atoms with van der Waals surface area (Å²) in [4.78, 5) is 0. The molecule has 2 rings (SSSR count). The van der Waals surface area contributed by atoms with Gasteiger partial charge in [0.2, 0.25) is 0 Å². The Morgan fingerprint density at radius 2 is 1.85 bits per heavy atom. The number of benzene rings is 1. The van der Waals surface area contributed by atoms with Gasteiger partial charge in [-0.15, -0.1) is 0 Å². The minimum atomic E-state index is -0.433. The van der Waals surface area contributed by atoms with Gasteiger partial charge in [0.1, 0.15) is 11.6 Å². The molecule has 0 heterocycles. The zero-order chi connectivity index (χ0) is 14.5. The van der Waals surface area contributed by atoms with Crippen LogP contribution in [-0.2, 0) is 6.42 Å². The zero-order valence-corrected chi connectivity index (χ0v) is 13.5. The molecule has 1 aromatic carbocycles. The lowest BCUT2D eigenvalue weighted by Crippen LogP contribution is -2.27. The lowest BCUT2D eigenvalue weighted by Gasteiger charge is -2.25. The number of halogens is 3. The lowest BCUT2D eigenvalue weighted by molar-refractivity contribution is 0.298. The van der Waals surface area contributed by atoms with E-state index in [4.69, 9.17) is 0 Å². The Kier molecular flexibility index (Phi) is 5.97. The van der Waals surface area contributed by atoms with E-state index in [0.717, 1.165) is 19.4 Å². The topological polar surface area (TPSA) is 12.0 Å². The quantitative estimate of drug-likeness (QED) is 0.616.